The first-order valence-electron chi connectivity index (χ1n) is 18.8. The molecule has 254 valence electrons. The minimum absolute atomic E-state index is 0.113. The molecule has 0 saturated heterocycles. The monoisotopic (exact) mass is 690 g/mol. The molecule has 9 aromatic rings. The molecule has 0 amide bonds. The minimum Gasteiger partial charge on any atom is -0.310 e. The summed E-state index contributed by atoms with van der Waals surface area (Å²) >= 11 is 0. The van der Waals surface area contributed by atoms with Crippen molar-refractivity contribution in [1.29, 1.82) is 0 Å². The van der Waals surface area contributed by atoms with Crippen LogP contribution in [0.3, 0.4) is 0 Å². The zero-order chi connectivity index (χ0) is 35.8. The quantitative estimate of drug-likeness (QED) is 0.181. The summed E-state index contributed by atoms with van der Waals surface area (Å²) in [4.78, 5) is 12.5. The zero-order valence-electron chi connectivity index (χ0n) is 30.0. The number of hydrogen-bond donors (Lipinski definition) is 0. The maximum Gasteiger partial charge on any atom is 0.0937 e. The topological polar surface area (TPSA) is 34.0 Å². The van der Waals surface area contributed by atoms with Gasteiger partial charge in [0.15, 0.2) is 0 Å². The van der Waals surface area contributed by atoms with Crippen LogP contribution in [0.5, 0.6) is 0 Å². The zero-order valence-corrected chi connectivity index (χ0v) is 30.0. The summed E-state index contributed by atoms with van der Waals surface area (Å²) in [5, 5.41) is 2.52. The van der Waals surface area contributed by atoms with E-state index in [1.54, 1.807) is 0 Å². The van der Waals surface area contributed by atoms with Gasteiger partial charge in [0.2, 0.25) is 0 Å². The van der Waals surface area contributed by atoms with E-state index >= 15 is 0 Å². The van der Waals surface area contributed by atoms with Crippen molar-refractivity contribution in [2.75, 3.05) is 4.90 Å². The van der Waals surface area contributed by atoms with Crippen LogP contribution >= 0.6 is 0 Å². The van der Waals surface area contributed by atoms with Crippen LogP contribution in [0.15, 0.2) is 170 Å². The van der Waals surface area contributed by atoms with E-state index in [4.69, 9.17) is 9.97 Å². The van der Waals surface area contributed by atoms with Crippen LogP contribution in [0.2, 0.25) is 0 Å². The third-order valence-corrected chi connectivity index (χ3v) is 12.5. The molecule has 12 rings (SSSR count). The van der Waals surface area contributed by atoms with E-state index in [-0.39, 0.29) is 5.41 Å². The van der Waals surface area contributed by atoms with Crippen LogP contribution in [0.25, 0.3) is 50.0 Å². The van der Waals surface area contributed by atoms with Crippen molar-refractivity contribution in [2.45, 2.75) is 24.7 Å². The Morgan fingerprint density at radius 2 is 1.07 bits per heavy atom. The molecular formula is C50H34N4. The lowest BCUT2D eigenvalue weighted by Crippen LogP contribution is -2.36. The summed E-state index contributed by atoms with van der Waals surface area (Å²) in [5.41, 5.74) is 18.3. The lowest BCUT2D eigenvalue weighted by atomic mass is 9.65. The molecule has 3 aromatic heterocycles. The van der Waals surface area contributed by atoms with Crippen molar-refractivity contribution < 1.29 is 0 Å². The Hall–Kier alpha value is -6.78. The highest BCUT2D eigenvalue weighted by Gasteiger charge is 2.53. The second-order valence-electron chi connectivity index (χ2n) is 15.4. The number of aromatic nitrogens is 3. The Balaban J connectivity index is 1.21. The maximum atomic E-state index is 5.01. The van der Waals surface area contributed by atoms with Crippen LogP contribution in [0.4, 0.5) is 17.1 Å². The van der Waals surface area contributed by atoms with E-state index in [1.165, 1.54) is 55.2 Å². The predicted molar refractivity (Wildman–Crippen MR) is 219 cm³/mol. The van der Waals surface area contributed by atoms with Gasteiger partial charge in [-0.05, 0) is 111 Å². The van der Waals surface area contributed by atoms with Gasteiger partial charge in [-0.1, -0.05) is 105 Å². The van der Waals surface area contributed by atoms with Gasteiger partial charge in [0, 0.05) is 40.0 Å². The molecule has 3 aliphatic rings. The van der Waals surface area contributed by atoms with E-state index in [0.717, 1.165) is 45.3 Å². The molecule has 4 heteroatoms. The smallest absolute Gasteiger partial charge is 0.0937 e. The van der Waals surface area contributed by atoms with E-state index in [0.29, 0.717) is 0 Å². The SMILES string of the molecule is CC1(C)c2ccccc2-c2cc3c4ccccc4n(-c4ccc5c(c4)C4(c6ccccc6N5c5ccccc5)c5cccnc5-c5ncccc54)c3cc21. The Morgan fingerprint density at radius 3 is 1.87 bits per heavy atom. The largest absolute Gasteiger partial charge is 0.310 e. The molecule has 0 saturated carbocycles. The van der Waals surface area contributed by atoms with Gasteiger partial charge >= 0.3 is 0 Å². The Morgan fingerprint density at radius 1 is 0.426 bits per heavy atom. The molecule has 0 unspecified atom stereocenters. The molecule has 0 bridgehead atoms. The molecule has 1 aliphatic heterocycles. The fourth-order valence-corrected chi connectivity index (χ4v) is 10.2. The summed E-state index contributed by atoms with van der Waals surface area (Å²) in [5.74, 6) is 0. The van der Waals surface area contributed by atoms with Gasteiger partial charge in [0.05, 0.1) is 39.2 Å². The van der Waals surface area contributed by atoms with Crippen molar-refractivity contribution in [2.24, 2.45) is 0 Å². The molecule has 0 N–H and O–H groups in total. The van der Waals surface area contributed by atoms with Gasteiger partial charge in [-0.2, -0.15) is 0 Å². The lowest BCUT2D eigenvalue weighted by molar-refractivity contribution is 0.661. The Labute approximate surface area is 313 Å². The molecular weight excluding hydrogens is 657 g/mol. The maximum absolute atomic E-state index is 5.01. The van der Waals surface area contributed by atoms with Gasteiger partial charge < -0.3 is 9.47 Å². The molecule has 4 nitrogen and oxygen atoms in total. The molecule has 0 radical (unpaired) electrons. The van der Waals surface area contributed by atoms with Gasteiger partial charge in [0.25, 0.3) is 0 Å². The van der Waals surface area contributed by atoms with E-state index in [2.05, 4.69) is 181 Å². The number of para-hydroxylation sites is 3. The first kappa shape index (κ1) is 29.8. The van der Waals surface area contributed by atoms with Crippen molar-refractivity contribution in [1.82, 2.24) is 14.5 Å². The summed E-state index contributed by atoms with van der Waals surface area (Å²) in [7, 11) is 0. The molecule has 54 heavy (non-hydrogen) atoms. The van der Waals surface area contributed by atoms with Crippen LogP contribution in [-0.4, -0.2) is 14.5 Å². The highest BCUT2D eigenvalue weighted by Crippen LogP contribution is 2.63. The second-order valence-corrected chi connectivity index (χ2v) is 15.4. The van der Waals surface area contributed by atoms with Gasteiger partial charge in [-0.3, -0.25) is 9.97 Å². The van der Waals surface area contributed by atoms with Crippen LogP contribution in [-0.2, 0) is 10.8 Å². The van der Waals surface area contributed by atoms with Gasteiger partial charge in [0.1, 0.15) is 0 Å². The van der Waals surface area contributed by atoms with Crippen molar-refractivity contribution in [3.63, 3.8) is 0 Å². The average molecular weight is 691 g/mol. The fraction of sp³-hybridized carbons (Fsp3) is 0.0800. The third-order valence-electron chi connectivity index (χ3n) is 12.5. The number of pyridine rings is 2. The van der Waals surface area contributed by atoms with E-state index in [1.807, 2.05) is 12.4 Å². The van der Waals surface area contributed by atoms with Crippen LogP contribution in [0, 0.1) is 0 Å². The number of nitrogens with zero attached hydrogens (tertiary/aromatic N) is 4. The number of fused-ring (bicyclic) bond motifs is 15. The number of rotatable bonds is 2. The summed E-state index contributed by atoms with van der Waals surface area (Å²) in [6, 6.07) is 58.2. The Kier molecular flexibility index (Phi) is 5.74. The highest BCUT2D eigenvalue weighted by molar-refractivity contribution is 6.12. The predicted octanol–water partition coefficient (Wildman–Crippen LogP) is 12.0. The summed E-state index contributed by atoms with van der Waals surface area (Å²) < 4.78 is 2.49. The van der Waals surface area contributed by atoms with Crippen LogP contribution < -0.4 is 4.90 Å². The lowest BCUT2D eigenvalue weighted by Gasteiger charge is -2.45. The first-order chi connectivity index (χ1) is 26.6. The van der Waals surface area contributed by atoms with E-state index in [9.17, 15) is 0 Å². The standard InChI is InChI=1S/C50H34N4/c1-49(2)37-18-8-6-16-33(37)35-29-36-34-17-7-10-22-43(34)54(46(36)30-41(35)49)32-24-25-45-42(28-32)50(39-20-12-26-51-47(39)48-40(50)21-13-27-52-48)38-19-9-11-23-44(38)53(45)31-14-4-3-5-15-31/h3-30H,1-2H3. The Bertz CT molecular complexity index is 3000. The van der Waals surface area contributed by atoms with Gasteiger partial charge in [-0.15, -0.1) is 0 Å². The number of hydrogen-bond acceptors (Lipinski definition) is 3. The normalized spacial score (nSPS) is 15.1. The van der Waals surface area contributed by atoms with Crippen LogP contribution in [0.1, 0.15) is 47.2 Å². The summed E-state index contributed by atoms with van der Waals surface area (Å²) in [6.07, 6.45) is 3.80. The fourth-order valence-electron chi connectivity index (χ4n) is 10.2. The van der Waals surface area contributed by atoms with Crippen molar-refractivity contribution >= 4 is 38.9 Å². The average Bonchev–Trinajstić information content (AvgIpc) is 3.79. The molecule has 2 aliphatic carbocycles. The highest BCUT2D eigenvalue weighted by atomic mass is 15.2. The van der Waals surface area contributed by atoms with Crippen molar-refractivity contribution in [3.8, 4) is 28.2 Å². The third kappa shape index (κ3) is 3.58. The van der Waals surface area contributed by atoms with E-state index < -0.39 is 5.41 Å². The molecule has 0 fully saturated rings. The number of anilines is 3. The molecule has 1 spiro atoms. The first-order valence-corrected chi connectivity index (χ1v) is 18.8. The molecule has 6 aromatic carbocycles. The minimum atomic E-state index is -0.635. The van der Waals surface area contributed by atoms with Crippen molar-refractivity contribution in [3.05, 3.63) is 203 Å². The molecule has 4 heterocycles. The molecule has 0 atom stereocenters. The number of benzene rings is 6. The summed E-state index contributed by atoms with van der Waals surface area (Å²) in [6.45, 7) is 4.73. The van der Waals surface area contributed by atoms with Gasteiger partial charge in [-0.25, -0.2) is 0 Å². The second kappa shape index (κ2) is 10.4.